The number of amides is 4. The van der Waals surface area contributed by atoms with Gasteiger partial charge in [-0.3, -0.25) is 9.59 Å². The molecule has 9 nitrogen and oxygen atoms in total. The normalized spacial score (nSPS) is 11.4. The first-order valence-corrected chi connectivity index (χ1v) is 11.9. The number of hydrogen-bond donors (Lipinski definition) is 3. The van der Waals surface area contributed by atoms with Gasteiger partial charge in [0.2, 0.25) is 5.91 Å². The number of nitrogens with one attached hydrogen (secondary N) is 2. The summed E-state index contributed by atoms with van der Waals surface area (Å²) in [4.78, 5) is 42.5. The molecule has 0 saturated carbocycles. The number of benzene rings is 3. The zero-order valence-corrected chi connectivity index (χ0v) is 21.1. The van der Waals surface area contributed by atoms with Gasteiger partial charge < -0.3 is 30.3 Å². The lowest BCUT2D eigenvalue weighted by molar-refractivity contribution is -0.124. The van der Waals surface area contributed by atoms with Gasteiger partial charge >= 0.3 is 6.03 Å². The Kier molecular flexibility index (Phi) is 9.62. The van der Waals surface area contributed by atoms with E-state index in [9.17, 15) is 19.5 Å². The first kappa shape index (κ1) is 27.2. The Hall–Kier alpha value is -4.37. The van der Waals surface area contributed by atoms with Gasteiger partial charge in [0, 0.05) is 23.1 Å². The third kappa shape index (κ3) is 7.31. The summed E-state index contributed by atoms with van der Waals surface area (Å²) in [5, 5.41) is 15.1. The van der Waals surface area contributed by atoms with Gasteiger partial charge in [0.25, 0.3) is 5.91 Å². The third-order valence-corrected chi connectivity index (χ3v) is 5.58. The molecule has 3 rings (SSSR count). The second kappa shape index (κ2) is 13.1. The zero-order chi connectivity index (χ0) is 26.8. The van der Waals surface area contributed by atoms with Crippen molar-refractivity contribution in [1.29, 1.82) is 0 Å². The van der Waals surface area contributed by atoms with Gasteiger partial charge in [-0.15, -0.1) is 0 Å². The Bertz CT molecular complexity index is 1170. The van der Waals surface area contributed by atoms with Crippen molar-refractivity contribution < 1.29 is 24.2 Å². The number of urea groups is 1. The molecule has 3 aromatic rings. The maximum Gasteiger partial charge on any atom is 0.319 e. The van der Waals surface area contributed by atoms with Crippen LogP contribution < -0.4 is 25.2 Å². The van der Waals surface area contributed by atoms with Crippen LogP contribution in [0.5, 0.6) is 5.75 Å². The van der Waals surface area contributed by atoms with Crippen LogP contribution in [-0.2, 0) is 9.59 Å². The number of nitrogens with zero attached hydrogens (tertiary/aromatic N) is 2. The van der Waals surface area contributed by atoms with Gasteiger partial charge in [-0.05, 0) is 62.4 Å². The zero-order valence-electron chi connectivity index (χ0n) is 21.1. The van der Waals surface area contributed by atoms with Crippen molar-refractivity contribution in [3.05, 3.63) is 84.9 Å². The first-order valence-electron chi connectivity index (χ1n) is 11.9. The number of carbonyl (C=O) groups is 3. The Morgan fingerprint density at radius 3 is 2.00 bits per heavy atom. The fourth-order valence-electron chi connectivity index (χ4n) is 3.81. The molecule has 0 unspecified atom stereocenters. The van der Waals surface area contributed by atoms with Gasteiger partial charge in [-0.2, -0.15) is 0 Å². The van der Waals surface area contributed by atoms with E-state index in [-0.39, 0.29) is 18.5 Å². The molecule has 4 amide bonds. The van der Waals surface area contributed by atoms with E-state index in [2.05, 4.69) is 10.6 Å². The lowest BCUT2D eigenvalue weighted by Crippen LogP contribution is -2.54. The molecule has 0 aliphatic carbocycles. The van der Waals surface area contributed by atoms with Crippen molar-refractivity contribution in [1.82, 2.24) is 5.32 Å². The van der Waals surface area contributed by atoms with Crippen LogP contribution in [0.1, 0.15) is 13.8 Å². The Morgan fingerprint density at radius 2 is 1.46 bits per heavy atom. The fourth-order valence-corrected chi connectivity index (χ4v) is 3.81. The van der Waals surface area contributed by atoms with Crippen molar-refractivity contribution in [2.45, 2.75) is 25.9 Å². The van der Waals surface area contributed by atoms with Crippen LogP contribution in [-0.4, -0.2) is 55.3 Å². The highest BCUT2D eigenvalue weighted by Crippen LogP contribution is 2.23. The average molecular weight is 505 g/mol. The Labute approximate surface area is 216 Å². The number of hydrogen-bond acceptors (Lipinski definition) is 5. The van der Waals surface area contributed by atoms with E-state index in [0.29, 0.717) is 22.8 Å². The largest absolute Gasteiger partial charge is 0.497 e. The minimum absolute atomic E-state index is 0.197. The average Bonchev–Trinajstić information content (AvgIpc) is 2.91. The van der Waals surface area contributed by atoms with Crippen LogP contribution >= 0.6 is 0 Å². The van der Waals surface area contributed by atoms with Gasteiger partial charge in [0.1, 0.15) is 18.3 Å². The molecule has 3 N–H and O–H groups in total. The van der Waals surface area contributed by atoms with Crippen LogP contribution in [0.4, 0.5) is 21.9 Å². The Morgan fingerprint density at radius 1 is 0.865 bits per heavy atom. The summed E-state index contributed by atoms with van der Waals surface area (Å²) in [5.74, 6) is -0.293. The summed E-state index contributed by atoms with van der Waals surface area (Å²) in [7, 11) is 1.56. The van der Waals surface area contributed by atoms with Crippen molar-refractivity contribution in [2.24, 2.45) is 0 Å². The molecule has 0 saturated heterocycles. The minimum Gasteiger partial charge on any atom is -0.497 e. The summed E-state index contributed by atoms with van der Waals surface area (Å²) < 4.78 is 5.21. The summed E-state index contributed by atoms with van der Waals surface area (Å²) in [6.45, 7) is 2.81. The summed E-state index contributed by atoms with van der Waals surface area (Å²) in [6, 6.07) is 22.3. The lowest BCUT2D eigenvalue weighted by Gasteiger charge is -2.32. The summed E-state index contributed by atoms with van der Waals surface area (Å²) in [6.07, 6.45) is 0. The molecule has 194 valence electrons. The van der Waals surface area contributed by atoms with Gasteiger partial charge in [0.05, 0.1) is 13.7 Å². The van der Waals surface area contributed by atoms with E-state index in [0.717, 1.165) is 0 Å². The fraction of sp³-hybridized carbons (Fsp3) is 0.250. The number of rotatable bonds is 10. The molecule has 9 heteroatoms. The number of aliphatic hydroxyl groups is 1. The van der Waals surface area contributed by atoms with E-state index < -0.39 is 24.6 Å². The smallest absolute Gasteiger partial charge is 0.319 e. The highest BCUT2D eigenvalue weighted by molar-refractivity contribution is 6.06. The van der Waals surface area contributed by atoms with E-state index in [1.54, 1.807) is 90.9 Å². The first-order chi connectivity index (χ1) is 17.8. The molecule has 0 fully saturated rings. The molecule has 0 aromatic heterocycles. The number of carbonyl (C=O) groups excluding carboxylic acids is 3. The van der Waals surface area contributed by atoms with Crippen molar-refractivity contribution in [2.75, 3.05) is 35.4 Å². The third-order valence-electron chi connectivity index (χ3n) is 5.58. The maximum absolute atomic E-state index is 13.5. The number of para-hydroxylation sites is 2. The monoisotopic (exact) mass is 504 g/mol. The second-order valence-electron chi connectivity index (χ2n) is 8.52. The highest BCUT2D eigenvalue weighted by Gasteiger charge is 2.30. The summed E-state index contributed by atoms with van der Waals surface area (Å²) >= 11 is 0. The van der Waals surface area contributed by atoms with Crippen LogP contribution in [0.3, 0.4) is 0 Å². The second-order valence-corrected chi connectivity index (χ2v) is 8.52. The van der Waals surface area contributed by atoms with Crippen molar-refractivity contribution >= 4 is 34.9 Å². The van der Waals surface area contributed by atoms with Crippen molar-refractivity contribution in [3.8, 4) is 5.75 Å². The lowest BCUT2D eigenvalue weighted by atomic mass is 10.2. The molecule has 0 bridgehead atoms. The molecule has 0 spiro atoms. The van der Waals surface area contributed by atoms with Gasteiger partial charge in [0.15, 0.2) is 0 Å². The SMILES string of the molecule is COc1ccc(N(C(=O)CN(C(=O)[C@@H](CO)NC(=O)Nc2ccccc2)c2ccccc2)C(C)C)cc1. The van der Waals surface area contributed by atoms with Crippen molar-refractivity contribution in [3.63, 3.8) is 0 Å². The quantitative estimate of drug-likeness (QED) is 0.390. The molecule has 37 heavy (non-hydrogen) atoms. The van der Waals surface area contributed by atoms with Gasteiger partial charge in [-0.1, -0.05) is 36.4 Å². The molecule has 0 aliphatic rings. The number of ether oxygens (including phenoxy) is 1. The van der Waals surface area contributed by atoms with Crippen LogP contribution in [0.2, 0.25) is 0 Å². The molecular weight excluding hydrogens is 472 g/mol. The predicted molar refractivity (Wildman–Crippen MR) is 144 cm³/mol. The van der Waals surface area contributed by atoms with E-state index >= 15 is 0 Å². The predicted octanol–water partition coefficient (Wildman–Crippen LogP) is 3.65. The topological polar surface area (TPSA) is 111 Å². The highest BCUT2D eigenvalue weighted by atomic mass is 16.5. The van der Waals surface area contributed by atoms with Crippen LogP contribution in [0.15, 0.2) is 84.9 Å². The number of anilines is 3. The molecule has 0 aliphatic heterocycles. The van der Waals surface area contributed by atoms with Crippen LogP contribution in [0, 0.1) is 0 Å². The molecular formula is C28H32N4O5. The number of methoxy groups -OCH3 is 1. The standard InChI is InChI=1S/C28H32N4O5/c1-20(2)32(23-14-16-24(37-3)17-15-23)26(34)18-31(22-12-8-5-9-13-22)27(35)25(19-33)30-28(36)29-21-10-6-4-7-11-21/h4-17,20,25,33H,18-19H2,1-3H3,(H2,29,30,36)/t25-/m1/s1. The maximum atomic E-state index is 13.5. The van der Waals surface area contributed by atoms with E-state index in [1.165, 1.54) is 4.90 Å². The van der Waals surface area contributed by atoms with E-state index in [4.69, 9.17) is 4.74 Å². The summed E-state index contributed by atoms with van der Waals surface area (Å²) in [5.41, 5.74) is 1.65. The number of aliphatic hydroxyl groups excluding tert-OH is 1. The minimum atomic E-state index is -1.27. The molecule has 1 atom stereocenters. The van der Waals surface area contributed by atoms with E-state index in [1.807, 2.05) is 19.9 Å². The Balaban J connectivity index is 1.83. The van der Waals surface area contributed by atoms with Gasteiger partial charge in [-0.25, -0.2) is 4.79 Å². The molecule has 0 radical (unpaired) electrons. The molecule has 3 aromatic carbocycles. The van der Waals surface area contributed by atoms with Crippen LogP contribution in [0.25, 0.3) is 0 Å². The molecule has 0 heterocycles.